The molecule has 0 saturated heterocycles. The second-order valence-corrected chi connectivity index (χ2v) is 15.0. The zero-order valence-corrected chi connectivity index (χ0v) is 23.9. The minimum atomic E-state index is -2.63. The van der Waals surface area contributed by atoms with E-state index in [4.69, 9.17) is 16.6 Å². The Morgan fingerprint density at radius 3 is 1.94 bits per heavy atom. The van der Waals surface area contributed by atoms with Gasteiger partial charge in [-0.2, -0.15) is 0 Å². The highest BCUT2D eigenvalue weighted by Crippen LogP contribution is 2.37. The summed E-state index contributed by atoms with van der Waals surface area (Å²) in [6.45, 7) is 10.4. The van der Waals surface area contributed by atoms with Crippen molar-refractivity contribution in [2.45, 2.75) is 51.6 Å². The smallest absolute Gasteiger partial charge is 0.261 e. The lowest BCUT2D eigenvalue weighted by atomic mass is 10.0. The molecule has 1 N–H and O–H groups in total. The average molecular weight is 523 g/mol. The van der Waals surface area contributed by atoms with Crippen LogP contribution in [0.2, 0.25) is 5.04 Å². The lowest BCUT2D eigenvalue weighted by Crippen LogP contribution is -2.66. The molecule has 0 aliphatic heterocycles. The molecule has 0 spiro atoms. The van der Waals surface area contributed by atoms with Crippen molar-refractivity contribution >= 4 is 36.0 Å². The molecule has 192 valence electrons. The maximum atomic E-state index is 13.7. The van der Waals surface area contributed by atoms with E-state index >= 15 is 0 Å². The number of hydrogen-bond acceptors (Lipinski definition) is 2. The molecular formula is C30H39FN2OSSi. The summed E-state index contributed by atoms with van der Waals surface area (Å²) in [5.74, 6) is -0.244. The van der Waals surface area contributed by atoms with E-state index in [1.165, 1.54) is 22.5 Å². The summed E-state index contributed by atoms with van der Waals surface area (Å²) in [4.78, 5) is 2.05. The predicted molar refractivity (Wildman–Crippen MR) is 156 cm³/mol. The second-order valence-electron chi connectivity index (χ2n) is 10.3. The fraction of sp³-hybridized carbons (Fsp3) is 0.367. The van der Waals surface area contributed by atoms with Gasteiger partial charge in [0.15, 0.2) is 5.11 Å². The van der Waals surface area contributed by atoms with Gasteiger partial charge in [0.25, 0.3) is 8.32 Å². The summed E-state index contributed by atoms with van der Waals surface area (Å²) in [5.41, 5.74) is 0.995. The third-order valence-corrected chi connectivity index (χ3v) is 12.1. The Hall–Kier alpha value is -2.54. The largest absolute Gasteiger partial charge is 0.407 e. The molecular weight excluding hydrogens is 483 g/mol. The Bertz CT molecular complexity index is 1050. The van der Waals surface area contributed by atoms with E-state index in [1.807, 2.05) is 19.2 Å². The Morgan fingerprint density at radius 2 is 1.47 bits per heavy atom. The van der Waals surface area contributed by atoms with Gasteiger partial charge >= 0.3 is 0 Å². The molecule has 6 heteroatoms. The number of nitrogens with zero attached hydrogens (tertiary/aromatic N) is 1. The van der Waals surface area contributed by atoms with Gasteiger partial charge in [-0.25, -0.2) is 4.39 Å². The maximum Gasteiger partial charge on any atom is 0.261 e. The molecule has 0 amide bonds. The first-order valence-corrected chi connectivity index (χ1v) is 15.0. The zero-order valence-electron chi connectivity index (χ0n) is 22.1. The van der Waals surface area contributed by atoms with Crippen molar-refractivity contribution < 1.29 is 8.82 Å². The van der Waals surface area contributed by atoms with Gasteiger partial charge in [0.2, 0.25) is 0 Å². The molecule has 0 aliphatic rings. The van der Waals surface area contributed by atoms with Gasteiger partial charge in [-0.05, 0) is 58.2 Å². The Balaban J connectivity index is 1.92. The number of halogens is 1. The SMILES string of the molecule is CCCN(C)C(=S)NC(CCO[Si](c1ccccc1)(c1ccccc1)C(C)(C)C)c1ccc(F)cc1. The molecule has 0 aromatic heterocycles. The van der Waals surface area contributed by atoms with Crippen molar-refractivity contribution in [3.8, 4) is 0 Å². The summed E-state index contributed by atoms with van der Waals surface area (Å²) in [7, 11) is -0.632. The third kappa shape index (κ3) is 6.61. The lowest BCUT2D eigenvalue weighted by Gasteiger charge is -2.43. The molecule has 3 nitrogen and oxygen atoms in total. The molecule has 36 heavy (non-hydrogen) atoms. The van der Waals surface area contributed by atoms with Crippen LogP contribution in [-0.2, 0) is 4.43 Å². The van der Waals surface area contributed by atoms with Crippen LogP contribution in [0.25, 0.3) is 0 Å². The summed E-state index contributed by atoms with van der Waals surface area (Å²) in [5, 5.41) is 6.63. The van der Waals surface area contributed by atoms with Gasteiger partial charge in [-0.3, -0.25) is 0 Å². The van der Waals surface area contributed by atoms with E-state index in [9.17, 15) is 4.39 Å². The molecule has 0 heterocycles. The summed E-state index contributed by atoms with van der Waals surface area (Å²) >= 11 is 5.69. The van der Waals surface area contributed by atoms with Crippen LogP contribution in [0.1, 0.15) is 52.1 Å². The van der Waals surface area contributed by atoms with Gasteiger partial charge < -0.3 is 14.6 Å². The van der Waals surface area contributed by atoms with Gasteiger partial charge in [-0.1, -0.05) is 100 Å². The van der Waals surface area contributed by atoms with Crippen molar-refractivity contribution in [2.75, 3.05) is 20.2 Å². The highest BCUT2D eigenvalue weighted by Gasteiger charge is 2.50. The first-order valence-electron chi connectivity index (χ1n) is 12.7. The van der Waals surface area contributed by atoms with Crippen LogP contribution in [-0.4, -0.2) is 38.5 Å². The minimum Gasteiger partial charge on any atom is -0.407 e. The van der Waals surface area contributed by atoms with E-state index < -0.39 is 8.32 Å². The molecule has 1 unspecified atom stereocenters. The minimum absolute atomic E-state index is 0.0874. The van der Waals surface area contributed by atoms with E-state index in [0.29, 0.717) is 18.1 Å². The van der Waals surface area contributed by atoms with Crippen LogP contribution in [0.5, 0.6) is 0 Å². The standard InChI is InChI=1S/C30H39FN2OSSi/c1-6-22-33(5)29(35)32-28(24-17-19-25(31)20-18-24)21-23-34-36(30(2,3)4,26-13-9-7-10-14-26)27-15-11-8-12-16-27/h7-20,28H,6,21-23H2,1-5H3,(H,32,35). The first kappa shape index (κ1) is 28.0. The Labute approximate surface area is 222 Å². The molecule has 0 aliphatic carbocycles. The Kier molecular flexibility index (Phi) is 9.82. The van der Waals surface area contributed by atoms with Crippen LogP contribution in [0.15, 0.2) is 84.9 Å². The molecule has 3 rings (SSSR count). The molecule has 0 radical (unpaired) electrons. The average Bonchev–Trinajstić information content (AvgIpc) is 2.87. The monoisotopic (exact) mass is 522 g/mol. The third-order valence-electron chi connectivity index (χ3n) is 6.62. The molecule has 0 bridgehead atoms. The first-order chi connectivity index (χ1) is 17.2. The lowest BCUT2D eigenvalue weighted by molar-refractivity contribution is 0.275. The van der Waals surface area contributed by atoms with E-state index in [2.05, 4.69) is 98.6 Å². The number of nitrogens with one attached hydrogen (secondary N) is 1. The molecule has 1 atom stereocenters. The summed E-state index contributed by atoms with van der Waals surface area (Å²) in [6, 6.07) is 27.9. The van der Waals surface area contributed by atoms with E-state index in [-0.39, 0.29) is 16.9 Å². The van der Waals surface area contributed by atoms with Gasteiger partial charge in [0, 0.05) is 20.2 Å². The Morgan fingerprint density at radius 1 is 0.944 bits per heavy atom. The number of benzene rings is 3. The maximum absolute atomic E-state index is 13.7. The number of thiocarbonyl (C=S) groups is 1. The highest BCUT2D eigenvalue weighted by molar-refractivity contribution is 7.80. The zero-order chi connectivity index (χ0) is 26.2. The van der Waals surface area contributed by atoms with E-state index in [0.717, 1.165) is 18.5 Å². The molecule has 0 fully saturated rings. The predicted octanol–water partition coefficient (Wildman–Crippen LogP) is 6.05. The van der Waals surface area contributed by atoms with E-state index in [1.54, 1.807) is 0 Å². The second kappa shape index (κ2) is 12.6. The van der Waals surface area contributed by atoms with Crippen molar-refractivity contribution in [3.05, 3.63) is 96.3 Å². The molecule has 3 aromatic carbocycles. The van der Waals surface area contributed by atoms with Crippen molar-refractivity contribution in [2.24, 2.45) is 0 Å². The van der Waals surface area contributed by atoms with Crippen LogP contribution in [0, 0.1) is 5.82 Å². The van der Waals surface area contributed by atoms with Gasteiger partial charge in [0.05, 0.1) is 6.04 Å². The summed E-state index contributed by atoms with van der Waals surface area (Å²) < 4.78 is 20.8. The topological polar surface area (TPSA) is 24.5 Å². The van der Waals surface area contributed by atoms with Crippen molar-refractivity contribution in [1.82, 2.24) is 10.2 Å². The van der Waals surface area contributed by atoms with Crippen LogP contribution >= 0.6 is 12.2 Å². The fourth-order valence-electron chi connectivity index (χ4n) is 4.80. The molecule has 3 aromatic rings. The molecule has 0 saturated carbocycles. The normalized spacial score (nSPS) is 12.7. The number of hydrogen-bond donors (Lipinski definition) is 1. The number of rotatable bonds is 10. The van der Waals surface area contributed by atoms with Gasteiger partial charge in [0.1, 0.15) is 5.82 Å². The highest BCUT2D eigenvalue weighted by atomic mass is 32.1. The summed E-state index contributed by atoms with van der Waals surface area (Å²) in [6.07, 6.45) is 1.72. The quantitative estimate of drug-likeness (QED) is 0.259. The van der Waals surface area contributed by atoms with Crippen LogP contribution in [0.3, 0.4) is 0 Å². The van der Waals surface area contributed by atoms with Crippen molar-refractivity contribution in [1.29, 1.82) is 0 Å². The van der Waals surface area contributed by atoms with Crippen molar-refractivity contribution in [3.63, 3.8) is 0 Å². The van der Waals surface area contributed by atoms with Crippen LogP contribution in [0.4, 0.5) is 4.39 Å². The van der Waals surface area contributed by atoms with Gasteiger partial charge in [-0.15, -0.1) is 0 Å². The van der Waals surface area contributed by atoms with Crippen LogP contribution < -0.4 is 15.7 Å². The fourth-order valence-corrected chi connectivity index (χ4v) is 9.62.